The molecule has 5 heteroatoms. The van der Waals surface area contributed by atoms with Crippen LogP contribution < -0.4 is 5.32 Å². The summed E-state index contributed by atoms with van der Waals surface area (Å²) in [5.74, 6) is 0.965. The number of ether oxygens (including phenoxy) is 1. The van der Waals surface area contributed by atoms with Crippen LogP contribution in [-0.2, 0) is 17.8 Å². The Morgan fingerprint density at radius 2 is 2.27 bits per heavy atom. The van der Waals surface area contributed by atoms with Gasteiger partial charge in [-0.05, 0) is 20.8 Å². The van der Waals surface area contributed by atoms with Gasteiger partial charge in [0.1, 0.15) is 12.2 Å². The van der Waals surface area contributed by atoms with Crippen LogP contribution in [0.4, 0.5) is 0 Å². The van der Waals surface area contributed by atoms with E-state index in [1.165, 1.54) is 0 Å². The molecule has 0 bridgehead atoms. The molecule has 0 amide bonds. The molecular weight excluding hydrogens is 192 g/mol. The first kappa shape index (κ1) is 12.1. The van der Waals surface area contributed by atoms with Crippen molar-refractivity contribution < 1.29 is 4.74 Å². The fraction of sp³-hybridized carbons (Fsp3) is 0.800. The highest BCUT2D eigenvalue weighted by atomic mass is 16.5. The molecule has 0 saturated carbocycles. The highest BCUT2D eigenvalue weighted by Crippen LogP contribution is 1.99. The van der Waals surface area contributed by atoms with Gasteiger partial charge in [0.05, 0.1) is 12.6 Å². The number of aryl methyl sites for hydroxylation is 1. The molecule has 5 nitrogen and oxygen atoms in total. The summed E-state index contributed by atoms with van der Waals surface area (Å²) in [6.45, 7) is 7.85. The summed E-state index contributed by atoms with van der Waals surface area (Å²) in [6.07, 6.45) is 1.95. The maximum atomic E-state index is 5.23. The minimum absolute atomic E-state index is 0.197. The molecule has 2 atom stereocenters. The zero-order valence-corrected chi connectivity index (χ0v) is 9.90. The Hall–Kier alpha value is -0.940. The molecule has 1 rings (SSSR count). The Morgan fingerprint density at radius 1 is 1.53 bits per heavy atom. The number of aromatic nitrogens is 3. The quantitative estimate of drug-likeness (QED) is 0.758. The van der Waals surface area contributed by atoms with Crippen LogP contribution in [0.25, 0.3) is 0 Å². The number of nitrogens with zero attached hydrogens (tertiary/aromatic N) is 3. The van der Waals surface area contributed by atoms with Crippen LogP contribution in [0.15, 0.2) is 6.33 Å². The van der Waals surface area contributed by atoms with Crippen molar-refractivity contribution in [2.24, 2.45) is 0 Å². The maximum Gasteiger partial charge on any atom is 0.146 e. The van der Waals surface area contributed by atoms with Crippen molar-refractivity contribution >= 4 is 0 Å². The van der Waals surface area contributed by atoms with E-state index in [1.54, 1.807) is 13.4 Å². The second-order valence-electron chi connectivity index (χ2n) is 3.64. The first-order valence-corrected chi connectivity index (χ1v) is 5.31. The van der Waals surface area contributed by atoms with Crippen LogP contribution in [0.5, 0.6) is 0 Å². The second-order valence-corrected chi connectivity index (χ2v) is 3.64. The van der Waals surface area contributed by atoms with Crippen LogP contribution in [0.1, 0.15) is 26.6 Å². The molecule has 0 fully saturated rings. The maximum absolute atomic E-state index is 5.23. The van der Waals surface area contributed by atoms with E-state index in [0.29, 0.717) is 6.04 Å². The van der Waals surface area contributed by atoms with Crippen LogP contribution in [0, 0.1) is 0 Å². The SMILES string of the molecule is CCn1cnnc1CNC(C)C(C)OC. The van der Waals surface area contributed by atoms with Gasteiger partial charge >= 0.3 is 0 Å². The summed E-state index contributed by atoms with van der Waals surface area (Å²) in [7, 11) is 1.72. The van der Waals surface area contributed by atoms with E-state index in [-0.39, 0.29) is 6.10 Å². The number of rotatable bonds is 6. The molecule has 15 heavy (non-hydrogen) atoms. The van der Waals surface area contributed by atoms with Crippen molar-refractivity contribution in [1.29, 1.82) is 0 Å². The van der Waals surface area contributed by atoms with Gasteiger partial charge in [0.25, 0.3) is 0 Å². The highest BCUT2D eigenvalue weighted by molar-refractivity contribution is 4.85. The largest absolute Gasteiger partial charge is 0.380 e. The molecule has 0 spiro atoms. The van der Waals surface area contributed by atoms with Crippen molar-refractivity contribution in [1.82, 2.24) is 20.1 Å². The Morgan fingerprint density at radius 3 is 2.87 bits per heavy atom. The molecule has 1 aromatic heterocycles. The van der Waals surface area contributed by atoms with Gasteiger partial charge in [-0.2, -0.15) is 0 Å². The molecule has 1 aromatic rings. The van der Waals surface area contributed by atoms with Gasteiger partial charge in [0.15, 0.2) is 0 Å². The fourth-order valence-corrected chi connectivity index (χ4v) is 1.30. The highest BCUT2D eigenvalue weighted by Gasteiger charge is 2.11. The molecule has 86 valence electrons. The van der Waals surface area contributed by atoms with Gasteiger partial charge in [-0.15, -0.1) is 10.2 Å². The second kappa shape index (κ2) is 5.82. The molecule has 0 aliphatic carbocycles. The van der Waals surface area contributed by atoms with Crippen molar-refractivity contribution in [2.45, 2.75) is 46.0 Å². The number of methoxy groups -OCH3 is 1. The molecule has 1 heterocycles. The summed E-state index contributed by atoms with van der Waals surface area (Å²) in [4.78, 5) is 0. The molecule has 0 aromatic carbocycles. The summed E-state index contributed by atoms with van der Waals surface area (Å²) in [5.41, 5.74) is 0. The van der Waals surface area contributed by atoms with Gasteiger partial charge in [-0.3, -0.25) is 0 Å². The lowest BCUT2D eigenvalue weighted by molar-refractivity contribution is 0.0878. The zero-order chi connectivity index (χ0) is 11.3. The van der Waals surface area contributed by atoms with E-state index in [0.717, 1.165) is 18.9 Å². The molecule has 0 radical (unpaired) electrons. The average Bonchev–Trinajstić information content (AvgIpc) is 2.71. The predicted octanol–water partition coefficient (Wildman–Crippen LogP) is 0.811. The smallest absolute Gasteiger partial charge is 0.146 e. The number of hydrogen-bond acceptors (Lipinski definition) is 4. The third kappa shape index (κ3) is 3.28. The fourth-order valence-electron chi connectivity index (χ4n) is 1.30. The Balaban J connectivity index is 2.43. The third-order valence-electron chi connectivity index (χ3n) is 2.69. The van der Waals surface area contributed by atoms with Gasteiger partial charge in [-0.1, -0.05) is 0 Å². The van der Waals surface area contributed by atoms with E-state index in [2.05, 4.69) is 29.4 Å². The molecular formula is C10H20N4O. The summed E-state index contributed by atoms with van der Waals surface area (Å²) < 4.78 is 7.26. The average molecular weight is 212 g/mol. The van der Waals surface area contributed by atoms with Gasteiger partial charge in [0, 0.05) is 19.7 Å². The summed E-state index contributed by atoms with van der Waals surface area (Å²) in [5, 5.41) is 11.3. The van der Waals surface area contributed by atoms with Crippen LogP contribution in [-0.4, -0.2) is 34.0 Å². The Labute approximate surface area is 90.8 Å². The van der Waals surface area contributed by atoms with Crippen LogP contribution >= 0.6 is 0 Å². The first-order chi connectivity index (χ1) is 7.19. The molecule has 1 N–H and O–H groups in total. The van der Waals surface area contributed by atoms with E-state index in [9.17, 15) is 0 Å². The monoisotopic (exact) mass is 212 g/mol. The van der Waals surface area contributed by atoms with E-state index in [4.69, 9.17) is 4.74 Å². The molecule has 2 unspecified atom stereocenters. The lowest BCUT2D eigenvalue weighted by Crippen LogP contribution is -2.36. The summed E-state index contributed by atoms with van der Waals surface area (Å²) >= 11 is 0. The van der Waals surface area contributed by atoms with Gasteiger partial charge < -0.3 is 14.6 Å². The normalized spacial score (nSPS) is 15.2. The number of nitrogens with one attached hydrogen (secondary N) is 1. The Bertz CT molecular complexity index is 287. The van der Waals surface area contributed by atoms with E-state index in [1.807, 2.05) is 11.5 Å². The molecule has 0 saturated heterocycles. The van der Waals surface area contributed by atoms with Crippen molar-refractivity contribution in [2.75, 3.05) is 7.11 Å². The van der Waals surface area contributed by atoms with Gasteiger partial charge in [-0.25, -0.2) is 0 Å². The Kier molecular flexibility index (Phi) is 4.71. The van der Waals surface area contributed by atoms with E-state index < -0.39 is 0 Å². The standard InChI is InChI=1S/C10H20N4O/c1-5-14-7-12-13-10(14)6-11-8(2)9(3)15-4/h7-9,11H,5-6H2,1-4H3. The minimum Gasteiger partial charge on any atom is -0.380 e. The van der Waals surface area contributed by atoms with Crippen molar-refractivity contribution in [3.8, 4) is 0 Å². The third-order valence-corrected chi connectivity index (χ3v) is 2.69. The predicted molar refractivity (Wildman–Crippen MR) is 58.5 cm³/mol. The molecule has 0 aliphatic rings. The lowest BCUT2D eigenvalue weighted by Gasteiger charge is -2.19. The number of hydrogen-bond donors (Lipinski definition) is 1. The van der Waals surface area contributed by atoms with Gasteiger partial charge in [0.2, 0.25) is 0 Å². The minimum atomic E-state index is 0.197. The van der Waals surface area contributed by atoms with Crippen molar-refractivity contribution in [3.63, 3.8) is 0 Å². The van der Waals surface area contributed by atoms with Crippen LogP contribution in [0.3, 0.4) is 0 Å². The lowest BCUT2D eigenvalue weighted by atomic mass is 10.2. The topological polar surface area (TPSA) is 52.0 Å². The zero-order valence-electron chi connectivity index (χ0n) is 9.90. The van der Waals surface area contributed by atoms with E-state index >= 15 is 0 Å². The van der Waals surface area contributed by atoms with Crippen LogP contribution in [0.2, 0.25) is 0 Å². The summed E-state index contributed by atoms with van der Waals surface area (Å²) in [6, 6.07) is 0.303. The first-order valence-electron chi connectivity index (χ1n) is 5.31. The van der Waals surface area contributed by atoms with Crippen molar-refractivity contribution in [3.05, 3.63) is 12.2 Å². The molecule has 0 aliphatic heterocycles.